The standard InChI is InChI=1S/C16H14F2N2O3/c1-3-12-14(16(21)22-2)13(9(7-19)15(20)23-12)8-4-5-10(17)11(18)6-8/h4-6,13H,3,20H2,1-2H3/t13-/m0/s1. The number of ether oxygens (including phenoxy) is 2. The molecule has 0 saturated carbocycles. The van der Waals surface area contributed by atoms with Gasteiger partial charge < -0.3 is 15.2 Å². The number of methoxy groups -OCH3 is 1. The van der Waals surface area contributed by atoms with Gasteiger partial charge in [-0.3, -0.25) is 0 Å². The van der Waals surface area contributed by atoms with Gasteiger partial charge in [-0.05, 0) is 17.7 Å². The number of nitriles is 1. The van der Waals surface area contributed by atoms with E-state index in [1.807, 2.05) is 6.07 Å². The van der Waals surface area contributed by atoms with E-state index in [9.17, 15) is 18.8 Å². The SMILES string of the molecule is CCC1=C(C(=O)OC)[C@@H](c2ccc(F)c(F)c2)C(C#N)=C(N)O1. The van der Waals surface area contributed by atoms with Crippen molar-refractivity contribution in [3.63, 3.8) is 0 Å². The van der Waals surface area contributed by atoms with Crippen molar-refractivity contribution < 1.29 is 23.0 Å². The first-order valence-corrected chi connectivity index (χ1v) is 6.78. The largest absolute Gasteiger partial charge is 0.466 e. The highest BCUT2D eigenvalue weighted by molar-refractivity contribution is 5.92. The first-order chi connectivity index (χ1) is 10.9. The number of esters is 1. The summed E-state index contributed by atoms with van der Waals surface area (Å²) < 4.78 is 36.8. The van der Waals surface area contributed by atoms with Crippen LogP contribution in [-0.2, 0) is 14.3 Å². The minimum absolute atomic E-state index is 0.0479. The molecule has 0 fully saturated rings. The predicted octanol–water partition coefficient (Wildman–Crippen LogP) is 2.61. The van der Waals surface area contributed by atoms with E-state index < -0.39 is 23.5 Å². The maximum absolute atomic E-state index is 13.6. The average molecular weight is 320 g/mol. The van der Waals surface area contributed by atoms with Gasteiger partial charge in [-0.15, -0.1) is 0 Å². The van der Waals surface area contributed by atoms with Crippen LogP contribution >= 0.6 is 0 Å². The van der Waals surface area contributed by atoms with E-state index in [0.29, 0.717) is 6.42 Å². The Bertz CT molecular complexity index is 763. The summed E-state index contributed by atoms with van der Waals surface area (Å²) >= 11 is 0. The number of benzene rings is 1. The number of hydrogen-bond acceptors (Lipinski definition) is 5. The fraction of sp³-hybridized carbons (Fsp3) is 0.250. The Morgan fingerprint density at radius 2 is 2.13 bits per heavy atom. The average Bonchev–Trinajstić information content (AvgIpc) is 2.55. The molecule has 120 valence electrons. The zero-order valence-corrected chi connectivity index (χ0v) is 12.5. The molecule has 1 aliphatic rings. The highest BCUT2D eigenvalue weighted by Crippen LogP contribution is 2.40. The second-order valence-electron chi connectivity index (χ2n) is 4.78. The Morgan fingerprint density at radius 3 is 2.65 bits per heavy atom. The third kappa shape index (κ3) is 2.88. The lowest BCUT2D eigenvalue weighted by Crippen LogP contribution is -2.25. The summed E-state index contributed by atoms with van der Waals surface area (Å²) in [5.41, 5.74) is 5.93. The molecule has 0 spiro atoms. The number of hydrogen-bond donors (Lipinski definition) is 1. The topological polar surface area (TPSA) is 85.3 Å². The van der Waals surface area contributed by atoms with Gasteiger partial charge in [0.05, 0.1) is 18.6 Å². The van der Waals surface area contributed by atoms with E-state index in [-0.39, 0.29) is 28.4 Å². The molecule has 1 aliphatic heterocycles. The molecule has 0 saturated heterocycles. The summed E-state index contributed by atoms with van der Waals surface area (Å²) in [5, 5.41) is 9.34. The van der Waals surface area contributed by atoms with Gasteiger partial charge in [0.2, 0.25) is 5.88 Å². The fourth-order valence-corrected chi connectivity index (χ4v) is 2.44. The molecule has 23 heavy (non-hydrogen) atoms. The summed E-state index contributed by atoms with van der Waals surface area (Å²) in [7, 11) is 1.18. The smallest absolute Gasteiger partial charge is 0.338 e. The lowest BCUT2D eigenvalue weighted by molar-refractivity contribution is -0.136. The summed E-state index contributed by atoms with van der Waals surface area (Å²) in [6.07, 6.45) is 0.310. The van der Waals surface area contributed by atoms with Gasteiger partial charge in [0.25, 0.3) is 0 Å². The summed E-state index contributed by atoms with van der Waals surface area (Å²) in [6, 6.07) is 4.99. The van der Waals surface area contributed by atoms with Crippen LogP contribution in [0.2, 0.25) is 0 Å². The Kier molecular flexibility index (Phi) is 4.65. The number of carbonyl (C=O) groups is 1. The molecule has 2 N–H and O–H groups in total. The number of halogens is 2. The van der Waals surface area contributed by atoms with Crippen molar-refractivity contribution in [1.82, 2.24) is 0 Å². The van der Waals surface area contributed by atoms with E-state index in [0.717, 1.165) is 12.1 Å². The van der Waals surface area contributed by atoms with Crippen molar-refractivity contribution in [2.75, 3.05) is 7.11 Å². The second-order valence-corrected chi connectivity index (χ2v) is 4.78. The third-order valence-corrected chi connectivity index (χ3v) is 3.50. The van der Waals surface area contributed by atoms with Crippen LogP contribution in [0.4, 0.5) is 8.78 Å². The van der Waals surface area contributed by atoms with E-state index in [1.54, 1.807) is 6.92 Å². The molecule has 1 aromatic carbocycles. The molecule has 1 heterocycles. The molecule has 1 aromatic rings. The Morgan fingerprint density at radius 1 is 1.43 bits per heavy atom. The summed E-state index contributed by atoms with van der Waals surface area (Å²) in [5.74, 6) is -3.78. The molecular formula is C16H14F2N2O3. The van der Waals surface area contributed by atoms with E-state index in [1.165, 1.54) is 13.2 Å². The maximum atomic E-state index is 13.6. The van der Waals surface area contributed by atoms with Crippen LogP contribution in [0.25, 0.3) is 0 Å². The number of nitrogens with zero attached hydrogens (tertiary/aromatic N) is 1. The monoisotopic (exact) mass is 320 g/mol. The van der Waals surface area contributed by atoms with Gasteiger partial charge in [-0.25, -0.2) is 13.6 Å². The van der Waals surface area contributed by atoms with Gasteiger partial charge in [0.1, 0.15) is 17.4 Å². The minimum Gasteiger partial charge on any atom is -0.466 e. The number of allylic oxidation sites excluding steroid dienone is 2. The molecule has 0 aliphatic carbocycles. The van der Waals surface area contributed by atoms with Crippen LogP contribution in [0.5, 0.6) is 0 Å². The summed E-state index contributed by atoms with van der Waals surface area (Å²) in [4.78, 5) is 12.1. The quantitative estimate of drug-likeness (QED) is 0.865. The van der Waals surface area contributed by atoms with Crippen molar-refractivity contribution in [3.05, 3.63) is 58.2 Å². The molecule has 0 radical (unpaired) electrons. The zero-order chi connectivity index (χ0) is 17.1. The fourth-order valence-electron chi connectivity index (χ4n) is 2.44. The highest BCUT2D eigenvalue weighted by Gasteiger charge is 2.37. The van der Waals surface area contributed by atoms with E-state index in [2.05, 4.69) is 0 Å². The number of carbonyl (C=O) groups excluding carboxylic acids is 1. The third-order valence-electron chi connectivity index (χ3n) is 3.50. The van der Waals surface area contributed by atoms with Gasteiger partial charge >= 0.3 is 5.97 Å². The molecule has 5 nitrogen and oxygen atoms in total. The van der Waals surface area contributed by atoms with Crippen LogP contribution in [0.3, 0.4) is 0 Å². The minimum atomic E-state index is -1.09. The van der Waals surface area contributed by atoms with Crippen molar-refractivity contribution in [1.29, 1.82) is 5.26 Å². The molecule has 2 rings (SSSR count). The number of nitrogens with two attached hydrogens (primary N) is 1. The van der Waals surface area contributed by atoms with Crippen LogP contribution in [0.15, 0.2) is 41.0 Å². The van der Waals surface area contributed by atoms with Crippen molar-refractivity contribution in [3.8, 4) is 6.07 Å². The Labute approximate surface area is 131 Å². The first-order valence-electron chi connectivity index (χ1n) is 6.78. The number of rotatable bonds is 3. The molecule has 0 unspecified atom stereocenters. The molecule has 0 bridgehead atoms. The summed E-state index contributed by atoms with van der Waals surface area (Å²) in [6.45, 7) is 1.73. The van der Waals surface area contributed by atoms with Crippen LogP contribution in [-0.4, -0.2) is 13.1 Å². The van der Waals surface area contributed by atoms with Crippen LogP contribution < -0.4 is 5.73 Å². The van der Waals surface area contributed by atoms with Crippen LogP contribution in [0.1, 0.15) is 24.8 Å². The Balaban J connectivity index is 2.71. The van der Waals surface area contributed by atoms with E-state index in [4.69, 9.17) is 15.2 Å². The maximum Gasteiger partial charge on any atom is 0.338 e. The van der Waals surface area contributed by atoms with Gasteiger partial charge in [0, 0.05) is 6.42 Å². The zero-order valence-electron chi connectivity index (χ0n) is 12.5. The second kappa shape index (κ2) is 6.48. The van der Waals surface area contributed by atoms with Gasteiger partial charge in [0.15, 0.2) is 11.6 Å². The molecule has 7 heteroatoms. The molecule has 0 amide bonds. The Hall–Kier alpha value is -2.88. The lowest BCUT2D eigenvalue weighted by atomic mass is 9.82. The van der Waals surface area contributed by atoms with E-state index >= 15 is 0 Å². The van der Waals surface area contributed by atoms with Gasteiger partial charge in [-0.2, -0.15) is 5.26 Å². The predicted molar refractivity (Wildman–Crippen MR) is 76.3 cm³/mol. The van der Waals surface area contributed by atoms with Crippen molar-refractivity contribution in [2.45, 2.75) is 19.3 Å². The van der Waals surface area contributed by atoms with Crippen molar-refractivity contribution in [2.24, 2.45) is 5.73 Å². The first kappa shape index (κ1) is 16.5. The molecule has 0 aromatic heterocycles. The van der Waals surface area contributed by atoms with Gasteiger partial charge in [-0.1, -0.05) is 13.0 Å². The molecular weight excluding hydrogens is 306 g/mol. The normalized spacial score (nSPS) is 17.6. The highest BCUT2D eigenvalue weighted by atomic mass is 19.2. The lowest BCUT2D eigenvalue weighted by Gasteiger charge is -2.27. The van der Waals surface area contributed by atoms with Crippen molar-refractivity contribution >= 4 is 5.97 Å². The van der Waals surface area contributed by atoms with Crippen LogP contribution in [0, 0.1) is 23.0 Å². The molecule has 1 atom stereocenters.